The summed E-state index contributed by atoms with van der Waals surface area (Å²) in [5.74, 6) is -1.58. The van der Waals surface area contributed by atoms with Crippen LogP contribution in [0.4, 0.5) is 10.1 Å². The van der Waals surface area contributed by atoms with E-state index in [4.69, 9.17) is 0 Å². The normalized spacial score (nSPS) is 17.8. The highest BCUT2D eigenvalue weighted by molar-refractivity contribution is 5.96. The highest BCUT2D eigenvalue weighted by Gasteiger charge is 2.26. The number of anilines is 1. The van der Waals surface area contributed by atoms with Crippen molar-refractivity contribution >= 4 is 17.9 Å². The molecule has 0 spiro atoms. The molecule has 2 fully saturated rings. The SMILES string of the molecule is O=Cc1cc(C(=O)N2CCC(c3cccc(N4CCCCC4)c3)CC2)cc(F)c1O. The second-order valence-electron chi connectivity index (χ2n) is 8.22. The number of likely N-dealkylation sites (tertiary alicyclic amines) is 1. The zero-order chi connectivity index (χ0) is 21.1. The van der Waals surface area contributed by atoms with Crippen LogP contribution in [-0.4, -0.2) is 48.4 Å². The maximum atomic E-state index is 13.8. The van der Waals surface area contributed by atoms with Crippen LogP contribution in [0, 0.1) is 5.82 Å². The topological polar surface area (TPSA) is 60.9 Å². The van der Waals surface area contributed by atoms with Crippen molar-refractivity contribution in [3.05, 3.63) is 58.9 Å². The van der Waals surface area contributed by atoms with E-state index in [-0.39, 0.29) is 17.0 Å². The number of amides is 1. The lowest BCUT2D eigenvalue weighted by Gasteiger charge is -2.33. The van der Waals surface area contributed by atoms with Gasteiger partial charge in [0.15, 0.2) is 17.9 Å². The molecule has 2 aromatic rings. The maximum Gasteiger partial charge on any atom is 0.253 e. The Bertz CT molecular complexity index is 932. The lowest BCUT2D eigenvalue weighted by molar-refractivity contribution is 0.0712. The molecule has 0 saturated carbocycles. The molecule has 6 heteroatoms. The summed E-state index contributed by atoms with van der Waals surface area (Å²) in [7, 11) is 0. The Kier molecular flexibility index (Phi) is 6.02. The number of carbonyl (C=O) groups excluding carboxylic acids is 2. The smallest absolute Gasteiger partial charge is 0.253 e. The molecule has 0 aliphatic carbocycles. The molecule has 0 bridgehead atoms. The maximum absolute atomic E-state index is 13.8. The Morgan fingerprint density at radius 2 is 1.77 bits per heavy atom. The van der Waals surface area contributed by atoms with E-state index in [1.54, 1.807) is 4.90 Å². The van der Waals surface area contributed by atoms with Crippen molar-refractivity contribution in [2.24, 2.45) is 0 Å². The molecular formula is C24H27FN2O3. The Balaban J connectivity index is 1.42. The van der Waals surface area contributed by atoms with Crippen molar-refractivity contribution in [3.8, 4) is 5.75 Å². The van der Waals surface area contributed by atoms with E-state index >= 15 is 0 Å². The van der Waals surface area contributed by atoms with Crippen LogP contribution in [0.5, 0.6) is 5.75 Å². The van der Waals surface area contributed by atoms with Gasteiger partial charge in [0.2, 0.25) is 0 Å². The second kappa shape index (κ2) is 8.86. The average molecular weight is 410 g/mol. The molecule has 0 atom stereocenters. The molecule has 1 amide bonds. The first-order valence-electron chi connectivity index (χ1n) is 10.7. The van der Waals surface area contributed by atoms with Crippen LogP contribution >= 0.6 is 0 Å². The molecule has 4 rings (SSSR count). The van der Waals surface area contributed by atoms with E-state index in [1.807, 2.05) is 0 Å². The molecule has 30 heavy (non-hydrogen) atoms. The molecule has 0 radical (unpaired) electrons. The highest BCUT2D eigenvalue weighted by Crippen LogP contribution is 2.32. The molecule has 2 aliphatic heterocycles. The van der Waals surface area contributed by atoms with Crippen LogP contribution in [-0.2, 0) is 0 Å². The molecule has 158 valence electrons. The number of aldehydes is 1. The van der Waals surface area contributed by atoms with Crippen molar-refractivity contribution in [2.75, 3.05) is 31.1 Å². The number of aromatic hydroxyl groups is 1. The van der Waals surface area contributed by atoms with Gasteiger partial charge in [-0.3, -0.25) is 9.59 Å². The second-order valence-corrected chi connectivity index (χ2v) is 8.22. The third kappa shape index (κ3) is 4.18. The van der Waals surface area contributed by atoms with E-state index < -0.39 is 11.6 Å². The molecule has 0 unspecified atom stereocenters. The van der Waals surface area contributed by atoms with Gasteiger partial charge in [0.1, 0.15) is 0 Å². The number of nitrogens with zero attached hydrogens (tertiary/aromatic N) is 2. The van der Waals surface area contributed by atoms with Gasteiger partial charge in [-0.2, -0.15) is 0 Å². The van der Waals surface area contributed by atoms with Crippen LogP contribution in [0.25, 0.3) is 0 Å². The first-order valence-corrected chi connectivity index (χ1v) is 10.7. The fourth-order valence-corrected chi connectivity index (χ4v) is 4.56. The number of phenolic OH excluding ortho intramolecular Hbond substituents is 1. The summed E-state index contributed by atoms with van der Waals surface area (Å²) in [5, 5.41) is 9.56. The van der Waals surface area contributed by atoms with Crippen molar-refractivity contribution in [3.63, 3.8) is 0 Å². The van der Waals surface area contributed by atoms with Crippen LogP contribution in [0.2, 0.25) is 0 Å². The lowest BCUT2D eigenvalue weighted by Crippen LogP contribution is -2.38. The predicted octanol–water partition coefficient (Wildman–Crippen LogP) is 4.35. The minimum atomic E-state index is -0.952. The van der Waals surface area contributed by atoms with Gasteiger partial charge >= 0.3 is 0 Å². The number of benzene rings is 2. The summed E-state index contributed by atoms with van der Waals surface area (Å²) in [6.45, 7) is 3.39. The van der Waals surface area contributed by atoms with Crippen LogP contribution in [0.15, 0.2) is 36.4 Å². The average Bonchev–Trinajstić information content (AvgIpc) is 2.81. The molecule has 2 aromatic carbocycles. The number of phenols is 1. The van der Waals surface area contributed by atoms with Crippen molar-refractivity contribution in [2.45, 2.75) is 38.0 Å². The minimum absolute atomic E-state index is 0.0953. The molecular weight excluding hydrogens is 383 g/mol. The fourth-order valence-electron chi connectivity index (χ4n) is 4.56. The molecule has 2 aliphatic rings. The molecule has 2 saturated heterocycles. The number of hydrogen-bond donors (Lipinski definition) is 1. The predicted molar refractivity (Wildman–Crippen MR) is 114 cm³/mol. The van der Waals surface area contributed by atoms with Gasteiger partial charge in [-0.25, -0.2) is 4.39 Å². The molecule has 5 nitrogen and oxygen atoms in total. The fraction of sp³-hybridized carbons (Fsp3) is 0.417. The van der Waals surface area contributed by atoms with Gasteiger partial charge in [0.25, 0.3) is 5.91 Å². The largest absolute Gasteiger partial charge is 0.504 e. The van der Waals surface area contributed by atoms with E-state index in [9.17, 15) is 19.1 Å². The number of rotatable bonds is 4. The summed E-state index contributed by atoms with van der Waals surface area (Å²) in [6, 6.07) is 11.0. The number of piperidine rings is 2. The summed E-state index contributed by atoms with van der Waals surface area (Å²) in [4.78, 5) is 28.0. The van der Waals surface area contributed by atoms with Crippen LogP contribution in [0.1, 0.15) is 64.3 Å². The van der Waals surface area contributed by atoms with Gasteiger partial charge < -0.3 is 14.9 Å². The summed E-state index contributed by atoms with van der Waals surface area (Å²) in [6.07, 6.45) is 5.84. The van der Waals surface area contributed by atoms with Crippen molar-refractivity contribution in [1.82, 2.24) is 4.90 Å². The summed E-state index contributed by atoms with van der Waals surface area (Å²) >= 11 is 0. The number of halogens is 1. The summed E-state index contributed by atoms with van der Waals surface area (Å²) in [5.41, 5.74) is 2.48. The van der Waals surface area contributed by atoms with Gasteiger partial charge in [0.05, 0.1) is 5.56 Å². The summed E-state index contributed by atoms with van der Waals surface area (Å²) < 4.78 is 13.8. The van der Waals surface area contributed by atoms with Crippen LogP contribution in [0.3, 0.4) is 0 Å². The Hall–Kier alpha value is -2.89. The molecule has 0 aromatic heterocycles. The van der Waals surface area contributed by atoms with E-state index in [0.29, 0.717) is 25.3 Å². The van der Waals surface area contributed by atoms with E-state index in [2.05, 4.69) is 29.2 Å². The Morgan fingerprint density at radius 3 is 2.47 bits per heavy atom. The van der Waals surface area contributed by atoms with Crippen LogP contribution < -0.4 is 4.90 Å². The third-order valence-electron chi connectivity index (χ3n) is 6.31. The lowest BCUT2D eigenvalue weighted by atomic mass is 9.88. The quantitative estimate of drug-likeness (QED) is 0.761. The first-order chi connectivity index (χ1) is 14.6. The minimum Gasteiger partial charge on any atom is -0.504 e. The standard InChI is InChI=1S/C24H27FN2O3/c25-22-15-19(13-20(16-28)23(22)29)24(30)27-11-7-17(8-12-27)18-5-4-6-21(14-18)26-9-2-1-3-10-26/h4-6,13-17,29H,1-3,7-12H2. The number of carbonyl (C=O) groups is 2. The monoisotopic (exact) mass is 410 g/mol. The highest BCUT2D eigenvalue weighted by atomic mass is 19.1. The van der Waals surface area contributed by atoms with Gasteiger partial charge in [-0.1, -0.05) is 12.1 Å². The van der Waals surface area contributed by atoms with Gasteiger partial charge in [-0.15, -0.1) is 0 Å². The third-order valence-corrected chi connectivity index (χ3v) is 6.31. The van der Waals surface area contributed by atoms with Crippen molar-refractivity contribution in [1.29, 1.82) is 0 Å². The van der Waals surface area contributed by atoms with E-state index in [0.717, 1.165) is 32.0 Å². The van der Waals surface area contributed by atoms with E-state index in [1.165, 1.54) is 36.6 Å². The van der Waals surface area contributed by atoms with Gasteiger partial charge in [-0.05, 0) is 67.9 Å². The zero-order valence-corrected chi connectivity index (χ0v) is 17.0. The molecule has 2 heterocycles. The Labute approximate surface area is 176 Å². The van der Waals surface area contributed by atoms with Gasteiger partial charge in [0, 0.05) is 37.4 Å². The Morgan fingerprint density at radius 1 is 1.03 bits per heavy atom. The van der Waals surface area contributed by atoms with Crippen molar-refractivity contribution < 1.29 is 19.1 Å². The zero-order valence-electron chi connectivity index (χ0n) is 17.0. The number of hydrogen-bond acceptors (Lipinski definition) is 4. The molecule has 1 N–H and O–H groups in total. The first kappa shape index (κ1) is 20.4.